The van der Waals surface area contributed by atoms with Crippen LogP contribution in [-0.2, 0) is 0 Å². The standard InChI is InChI=1S/C17H18N.BrH/c1-4-7-17-16-11-14-9-6-5-8-13(14)10-15(16)12-18(17,2)3;/h4-6,8-12H,1,7H2,2-3H3;1H/q+1;/p-1. The van der Waals surface area contributed by atoms with E-state index in [1.807, 2.05) is 6.08 Å². The summed E-state index contributed by atoms with van der Waals surface area (Å²) >= 11 is 0. The molecule has 0 amide bonds. The zero-order chi connectivity index (χ0) is 12.8. The van der Waals surface area contributed by atoms with Crippen molar-refractivity contribution in [3.05, 3.63) is 59.5 Å². The molecule has 2 aromatic carbocycles. The molecule has 0 radical (unpaired) electrons. The van der Waals surface area contributed by atoms with Gasteiger partial charge in [0, 0.05) is 16.9 Å². The van der Waals surface area contributed by atoms with Gasteiger partial charge in [0.25, 0.3) is 0 Å². The van der Waals surface area contributed by atoms with Crippen molar-refractivity contribution in [3.8, 4) is 0 Å². The smallest absolute Gasteiger partial charge is 0.125 e. The van der Waals surface area contributed by atoms with E-state index in [4.69, 9.17) is 0 Å². The average molecular weight is 316 g/mol. The third kappa shape index (κ3) is 2.26. The maximum Gasteiger partial charge on any atom is 0.125 e. The van der Waals surface area contributed by atoms with Gasteiger partial charge in [-0.25, -0.2) is 0 Å². The lowest BCUT2D eigenvalue weighted by Gasteiger charge is -2.23. The molecule has 3 rings (SSSR count). The first-order chi connectivity index (χ1) is 8.62. The van der Waals surface area contributed by atoms with Gasteiger partial charge in [-0.2, -0.15) is 0 Å². The Labute approximate surface area is 124 Å². The molecule has 0 unspecified atom stereocenters. The van der Waals surface area contributed by atoms with Crippen LogP contribution in [-0.4, -0.2) is 18.6 Å². The van der Waals surface area contributed by atoms with Crippen molar-refractivity contribution < 1.29 is 21.5 Å². The number of quaternary nitrogens is 1. The minimum atomic E-state index is 0. The van der Waals surface area contributed by atoms with Gasteiger partial charge in [-0.15, -0.1) is 6.58 Å². The highest BCUT2D eigenvalue weighted by Gasteiger charge is 2.25. The zero-order valence-corrected chi connectivity index (χ0v) is 12.9. The minimum absolute atomic E-state index is 0. The molecule has 2 heteroatoms. The van der Waals surface area contributed by atoms with Crippen LogP contribution >= 0.6 is 0 Å². The number of fused-ring (bicyclic) bond motifs is 2. The van der Waals surface area contributed by atoms with Crippen molar-refractivity contribution in [2.24, 2.45) is 0 Å². The van der Waals surface area contributed by atoms with Gasteiger partial charge in [0.1, 0.15) is 11.9 Å². The molecule has 0 bridgehead atoms. The van der Waals surface area contributed by atoms with Gasteiger partial charge in [0.2, 0.25) is 0 Å². The molecule has 0 atom stereocenters. The highest BCUT2D eigenvalue weighted by molar-refractivity contribution is 5.83. The number of halogens is 1. The molecule has 1 heterocycles. The molecule has 0 spiro atoms. The maximum absolute atomic E-state index is 3.88. The summed E-state index contributed by atoms with van der Waals surface area (Å²) in [6, 6.07) is 13.2. The van der Waals surface area contributed by atoms with E-state index >= 15 is 0 Å². The van der Waals surface area contributed by atoms with Gasteiger partial charge in [-0.3, -0.25) is 4.48 Å². The number of benzene rings is 2. The van der Waals surface area contributed by atoms with E-state index in [-0.39, 0.29) is 17.0 Å². The Morgan fingerprint density at radius 2 is 1.74 bits per heavy atom. The Morgan fingerprint density at radius 1 is 1.11 bits per heavy atom. The van der Waals surface area contributed by atoms with Crippen LogP contribution in [0, 0.1) is 0 Å². The second-order valence-electron chi connectivity index (χ2n) is 5.40. The second kappa shape index (κ2) is 4.95. The average Bonchev–Trinajstić information content (AvgIpc) is 2.58. The van der Waals surface area contributed by atoms with Gasteiger partial charge in [0.05, 0.1) is 14.1 Å². The first-order valence-electron chi connectivity index (χ1n) is 6.32. The lowest BCUT2D eigenvalue weighted by molar-refractivity contribution is -0.733. The normalized spacial score (nSPS) is 15.6. The topological polar surface area (TPSA) is 0 Å². The van der Waals surface area contributed by atoms with E-state index in [1.54, 1.807) is 0 Å². The minimum Gasteiger partial charge on any atom is -1.00 e. The summed E-state index contributed by atoms with van der Waals surface area (Å²) in [6.45, 7) is 3.88. The largest absolute Gasteiger partial charge is 1.00 e. The molecule has 0 N–H and O–H groups in total. The molecular formula is C17H18BrN. The molecule has 0 aromatic heterocycles. The Bertz CT molecular complexity index is 756. The van der Waals surface area contributed by atoms with Gasteiger partial charge in [-0.1, -0.05) is 30.3 Å². The molecule has 1 nitrogen and oxygen atoms in total. The summed E-state index contributed by atoms with van der Waals surface area (Å²) in [5, 5.41) is 5.34. The van der Waals surface area contributed by atoms with Crippen LogP contribution in [0.3, 0.4) is 0 Å². The van der Waals surface area contributed by atoms with Crippen LogP contribution in [0.25, 0.3) is 22.7 Å². The summed E-state index contributed by atoms with van der Waals surface area (Å²) in [5.41, 5.74) is 1.42. The number of hydrogen-bond donors (Lipinski definition) is 0. The van der Waals surface area contributed by atoms with E-state index in [0.29, 0.717) is 0 Å². The van der Waals surface area contributed by atoms with Crippen LogP contribution in [0.1, 0.15) is 6.42 Å². The molecule has 2 aromatic rings. The summed E-state index contributed by atoms with van der Waals surface area (Å²) in [5.74, 6) is 0. The van der Waals surface area contributed by atoms with Crippen molar-refractivity contribution >= 4 is 22.7 Å². The van der Waals surface area contributed by atoms with Crippen molar-refractivity contribution in [1.82, 2.24) is 0 Å². The Balaban J connectivity index is 0.00000133. The quantitative estimate of drug-likeness (QED) is 0.511. The summed E-state index contributed by atoms with van der Waals surface area (Å²) in [6.07, 6.45) is 5.25. The van der Waals surface area contributed by atoms with Crippen molar-refractivity contribution in [1.29, 1.82) is 0 Å². The van der Waals surface area contributed by atoms with Crippen LogP contribution < -0.4 is 27.4 Å². The summed E-state index contributed by atoms with van der Waals surface area (Å²) in [4.78, 5) is 0. The van der Waals surface area contributed by atoms with E-state index in [9.17, 15) is 0 Å². The summed E-state index contributed by atoms with van der Waals surface area (Å²) < 4.78 is 0.831. The maximum atomic E-state index is 3.88. The highest BCUT2D eigenvalue weighted by atomic mass is 79.9. The van der Waals surface area contributed by atoms with Crippen molar-refractivity contribution in [3.63, 3.8) is 0 Å². The Morgan fingerprint density at radius 3 is 2.37 bits per heavy atom. The van der Waals surface area contributed by atoms with Gasteiger partial charge in [-0.05, 0) is 22.9 Å². The van der Waals surface area contributed by atoms with Crippen LogP contribution in [0.4, 0.5) is 0 Å². The fraction of sp³-hybridized carbons (Fsp3) is 0.176. The van der Waals surface area contributed by atoms with E-state index in [0.717, 1.165) is 10.9 Å². The van der Waals surface area contributed by atoms with Gasteiger partial charge < -0.3 is 17.0 Å². The first kappa shape index (κ1) is 14.0. The van der Waals surface area contributed by atoms with E-state index in [2.05, 4.69) is 63.3 Å². The Hall–Kier alpha value is -1.38. The van der Waals surface area contributed by atoms with Crippen LogP contribution in [0.15, 0.2) is 49.1 Å². The molecule has 0 saturated carbocycles. The van der Waals surface area contributed by atoms with Gasteiger partial charge in [0.15, 0.2) is 0 Å². The van der Waals surface area contributed by atoms with Crippen molar-refractivity contribution in [2.75, 3.05) is 14.1 Å². The molecule has 0 fully saturated rings. The molecular weight excluding hydrogens is 298 g/mol. The predicted octanol–water partition coefficient (Wildman–Crippen LogP) is -0.644. The highest BCUT2D eigenvalue weighted by Crippen LogP contribution is 2.20. The SMILES string of the molecule is C=CCC1=c2cc3ccccc3cc2=C[N+]1(C)C.[Br-]. The molecule has 1 aliphatic heterocycles. The fourth-order valence-electron chi connectivity index (χ4n) is 2.83. The number of nitrogens with zero attached hydrogens (tertiary/aromatic N) is 1. The second-order valence-corrected chi connectivity index (χ2v) is 5.40. The first-order valence-corrected chi connectivity index (χ1v) is 6.32. The fourth-order valence-corrected chi connectivity index (χ4v) is 2.83. The monoisotopic (exact) mass is 315 g/mol. The van der Waals surface area contributed by atoms with Crippen molar-refractivity contribution in [2.45, 2.75) is 6.42 Å². The lowest BCUT2D eigenvalue weighted by Crippen LogP contribution is -3.00. The van der Waals surface area contributed by atoms with Crippen LogP contribution in [0.2, 0.25) is 0 Å². The van der Waals surface area contributed by atoms with Crippen LogP contribution in [0.5, 0.6) is 0 Å². The van der Waals surface area contributed by atoms with Gasteiger partial charge >= 0.3 is 0 Å². The lowest BCUT2D eigenvalue weighted by atomic mass is 10.1. The van der Waals surface area contributed by atoms with E-state index in [1.165, 1.54) is 26.9 Å². The summed E-state index contributed by atoms with van der Waals surface area (Å²) in [7, 11) is 4.45. The molecule has 98 valence electrons. The third-order valence-corrected chi connectivity index (χ3v) is 3.72. The predicted molar refractivity (Wildman–Crippen MR) is 78.0 cm³/mol. The van der Waals surface area contributed by atoms with E-state index < -0.39 is 0 Å². The molecule has 0 aliphatic carbocycles. The molecule has 1 aliphatic rings. The Kier molecular flexibility index (Phi) is 3.66. The molecule has 0 saturated heterocycles. The zero-order valence-electron chi connectivity index (χ0n) is 11.4. The third-order valence-electron chi connectivity index (χ3n) is 3.72. The molecule has 19 heavy (non-hydrogen) atoms. The number of rotatable bonds is 2. The number of hydrogen-bond acceptors (Lipinski definition) is 0.